The molecular weight excluding hydrogens is 228 g/mol. The molecular formula is C13H16N4O. The highest BCUT2D eigenvalue weighted by Crippen LogP contribution is 2.35. The lowest BCUT2D eigenvalue weighted by Crippen LogP contribution is -2.34. The third kappa shape index (κ3) is 2.65. The second-order valence-electron chi connectivity index (χ2n) is 4.65. The van der Waals surface area contributed by atoms with Gasteiger partial charge in [-0.15, -0.1) is 0 Å². The van der Waals surface area contributed by atoms with Gasteiger partial charge in [-0.25, -0.2) is 4.98 Å². The summed E-state index contributed by atoms with van der Waals surface area (Å²) in [5.74, 6) is 0.161. The van der Waals surface area contributed by atoms with Gasteiger partial charge in [0, 0.05) is 12.4 Å². The quantitative estimate of drug-likeness (QED) is 0.809. The number of anilines is 1. The zero-order chi connectivity index (χ0) is 12.8. The first-order valence-electron chi connectivity index (χ1n) is 6.26. The Hall–Kier alpha value is -1.96. The van der Waals surface area contributed by atoms with Gasteiger partial charge in [-0.1, -0.05) is 25.7 Å². The fraction of sp³-hybridized carbons (Fsp3) is 0.538. The smallest absolute Gasteiger partial charge is 0.246 e. The van der Waals surface area contributed by atoms with Crippen LogP contribution in [0.3, 0.4) is 0 Å². The molecule has 1 aliphatic carbocycles. The van der Waals surface area contributed by atoms with Crippen LogP contribution in [0.4, 0.5) is 5.82 Å². The highest BCUT2D eigenvalue weighted by molar-refractivity contribution is 5.96. The second kappa shape index (κ2) is 5.58. The summed E-state index contributed by atoms with van der Waals surface area (Å²) in [6.45, 7) is 0. The van der Waals surface area contributed by atoms with Crippen molar-refractivity contribution >= 4 is 11.7 Å². The molecule has 0 bridgehead atoms. The molecule has 1 aromatic rings. The molecule has 0 unspecified atom stereocenters. The Labute approximate surface area is 106 Å². The number of carbonyl (C=O) groups is 1. The van der Waals surface area contributed by atoms with Crippen LogP contribution in [0.15, 0.2) is 18.6 Å². The molecule has 0 aliphatic heterocycles. The molecule has 0 saturated heterocycles. The summed E-state index contributed by atoms with van der Waals surface area (Å²) >= 11 is 0. The van der Waals surface area contributed by atoms with Crippen molar-refractivity contribution in [3.05, 3.63) is 18.6 Å². The van der Waals surface area contributed by atoms with Crippen molar-refractivity contribution in [1.29, 1.82) is 5.26 Å². The van der Waals surface area contributed by atoms with Crippen LogP contribution in [-0.2, 0) is 4.79 Å². The van der Waals surface area contributed by atoms with E-state index in [1.54, 1.807) is 6.20 Å². The lowest BCUT2D eigenvalue weighted by atomic mass is 9.81. The fourth-order valence-electron chi connectivity index (χ4n) is 2.32. The van der Waals surface area contributed by atoms with E-state index in [-0.39, 0.29) is 5.91 Å². The molecule has 1 amide bonds. The van der Waals surface area contributed by atoms with E-state index in [4.69, 9.17) is 0 Å². The molecule has 2 rings (SSSR count). The van der Waals surface area contributed by atoms with Gasteiger partial charge < -0.3 is 5.32 Å². The lowest BCUT2D eigenvalue weighted by molar-refractivity contribution is -0.123. The number of aromatic nitrogens is 2. The monoisotopic (exact) mass is 244 g/mol. The predicted octanol–water partition coefficient (Wildman–Crippen LogP) is 2.28. The second-order valence-corrected chi connectivity index (χ2v) is 4.65. The van der Waals surface area contributed by atoms with E-state index in [0.29, 0.717) is 18.7 Å². The first-order valence-corrected chi connectivity index (χ1v) is 6.26. The number of hydrogen-bond acceptors (Lipinski definition) is 4. The van der Waals surface area contributed by atoms with Crippen LogP contribution >= 0.6 is 0 Å². The molecule has 1 saturated carbocycles. The van der Waals surface area contributed by atoms with Crippen molar-refractivity contribution in [1.82, 2.24) is 9.97 Å². The summed E-state index contributed by atoms with van der Waals surface area (Å²) < 4.78 is 0. The van der Waals surface area contributed by atoms with E-state index >= 15 is 0 Å². The Bertz CT molecular complexity index is 444. The molecule has 18 heavy (non-hydrogen) atoms. The molecule has 0 aromatic carbocycles. The Morgan fingerprint density at radius 2 is 2.00 bits per heavy atom. The van der Waals surface area contributed by atoms with Crippen molar-refractivity contribution in [2.24, 2.45) is 5.41 Å². The summed E-state index contributed by atoms with van der Waals surface area (Å²) in [5.41, 5.74) is -0.895. The topological polar surface area (TPSA) is 78.7 Å². The molecule has 1 fully saturated rings. The minimum atomic E-state index is -0.895. The number of nitrogens with zero attached hydrogens (tertiary/aromatic N) is 3. The number of nitriles is 1. The third-order valence-corrected chi connectivity index (χ3v) is 3.41. The zero-order valence-corrected chi connectivity index (χ0v) is 10.2. The molecule has 0 radical (unpaired) electrons. The van der Waals surface area contributed by atoms with Gasteiger partial charge in [0.05, 0.1) is 12.3 Å². The largest absolute Gasteiger partial charge is 0.308 e. The summed E-state index contributed by atoms with van der Waals surface area (Å²) in [7, 11) is 0. The third-order valence-electron chi connectivity index (χ3n) is 3.41. The first kappa shape index (κ1) is 12.5. The highest BCUT2D eigenvalue weighted by Gasteiger charge is 2.39. The molecule has 5 nitrogen and oxygen atoms in total. The van der Waals surface area contributed by atoms with Gasteiger partial charge in [0.25, 0.3) is 0 Å². The zero-order valence-electron chi connectivity index (χ0n) is 10.2. The van der Waals surface area contributed by atoms with Crippen LogP contribution in [0.25, 0.3) is 0 Å². The number of rotatable bonds is 2. The van der Waals surface area contributed by atoms with E-state index in [2.05, 4.69) is 21.4 Å². The van der Waals surface area contributed by atoms with E-state index in [0.717, 1.165) is 25.7 Å². The van der Waals surface area contributed by atoms with E-state index in [1.807, 2.05) is 0 Å². The molecule has 5 heteroatoms. The maximum absolute atomic E-state index is 12.3. The summed E-state index contributed by atoms with van der Waals surface area (Å²) in [5, 5.41) is 12.1. The van der Waals surface area contributed by atoms with Gasteiger partial charge >= 0.3 is 0 Å². The lowest BCUT2D eigenvalue weighted by Gasteiger charge is -2.23. The van der Waals surface area contributed by atoms with Crippen LogP contribution in [0, 0.1) is 16.7 Å². The number of carbonyl (C=O) groups excluding carboxylic acids is 1. The number of nitrogens with one attached hydrogen (secondary N) is 1. The van der Waals surface area contributed by atoms with Crippen LogP contribution in [0.5, 0.6) is 0 Å². The van der Waals surface area contributed by atoms with Crippen molar-refractivity contribution < 1.29 is 4.79 Å². The average Bonchev–Trinajstić information content (AvgIpc) is 2.66. The minimum Gasteiger partial charge on any atom is -0.308 e. The average molecular weight is 244 g/mol. The molecule has 1 N–H and O–H groups in total. The van der Waals surface area contributed by atoms with Gasteiger partial charge in [-0.05, 0) is 12.8 Å². The molecule has 1 aromatic heterocycles. The number of hydrogen-bond donors (Lipinski definition) is 1. The van der Waals surface area contributed by atoms with E-state index < -0.39 is 5.41 Å². The van der Waals surface area contributed by atoms with Crippen molar-refractivity contribution in [3.8, 4) is 6.07 Å². The van der Waals surface area contributed by atoms with Crippen LogP contribution in [-0.4, -0.2) is 15.9 Å². The van der Waals surface area contributed by atoms with Crippen molar-refractivity contribution in [2.75, 3.05) is 5.32 Å². The molecule has 94 valence electrons. The van der Waals surface area contributed by atoms with Crippen LogP contribution in [0.2, 0.25) is 0 Å². The summed E-state index contributed by atoms with van der Waals surface area (Å²) in [6, 6.07) is 2.22. The maximum atomic E-state index is 12.3. The van der Waals surface area contributed by atoms with Gasteiger partial charge in [0.2, 0.25) is 5.91 Å². The standard InChI is InChI=1S/C13H16N4O/c14-10-13(5-3-1-2-4-6-13)12(18)17-11-9-15-7-8-16-11/h7-9H,1-6H2,(H,16,17,18). The van der Waals surface area contributed by atoms with Gasteiger partial charge in [0.15, 0.2) is 5.82 Å². The molecule has 0 spiro atoms. The van der Waals surface area contributed by atoms with E-state index in [9.17, 15) is 10.1 Å². The molecule has 1 aliphatic rings. The van der Waals surface area contributed by atoms with Crippen molar-refractivity contribution in [2.45, 2.75) is 38.5 Å². The van der Waals surface area contributed by atoms with Crippen LogP contribution < -0.4 is 5.32 Å². The van der Waals surface area contributed by atoms with E-state index in [1.165, 1.54) is 12.4 Å². The Morgan fingerprint density at radius 3 is 2.56 bits per heavy atom. The fourth-order valence-corrected chi connectivity index (χ4v) is 2.32. The Kier molecular flexibility index (Phi) is 3.88. The van der Waals surface area contributed by atoms with Gasteiger partial charge in [-0.2, -0.15) is 5.26 Å². The first-order chi connectivity index (χ1) is 8.77. The predicted molar refractivity (Wildman–Crippen MR) is 66.4 cm³/mol. The minimum absolute atomic E-state index is 0.243. The van der Waals surface area contributed by atoms with Gasteiger partial charge in [-0.3, -0.25) is 9.78 Å². The summed E-state index contributed by atoms with van der Waals surface area (Å²) in [6.07, 6.45) is 9.88. The van der Waals surface area contributed by atoms with Crippen molar-refractivity contribution in [3.63, 3.8) is 0 Å². The van der Waals surface area contributed by atoms with Gasteiger partial charge in [0.1, 0.15) is 5.41 Å². The normalized spacial score (nSPS) is 18.4. The Balaban J connectivity index is 2.12. The molecule has 0 atom stereocenters. The van der Waals surface area contributed by atoms with Crippen LogP contribution in [0.1, 0.15) is 38.5 Å². The Morgan fingerprint density at radius 1 is 1.28 bits per heavy atom. The number of amides is 1. The maximum Gasteiger partial charge on any atom is 0.246 e. The summed E-state index contributed by atoms with van der Waals surface area (Å²) in [4.78, 5) is 20.2. The highest BCUT2D eigenvalue weighted by atomic mass is 16.2. The molecule has 1 heterocycles. The SMILES string of the molecule is N#CC1(C(=O)Nc2cnccn2)CCCCCC1.